The molecule has 0 spiro atoms. The third-order valence-corrected chi connectivity index (χ3v) is 4.60. The van der Waals surface area contributed by atoms with E-state index >= 15 is 0 Å². The molecule has 0 aliphatic heterocycles. The number of methoxy groups -OCH3 is 1. The average Bonchev–Trinajstić information content (AvgIpc) is 2.80. The van der Waals surface area contributed by atoms with Crippen LogP contribution in [0.5, 0.6) is 11.5 Å². The van der Waals surface area contributed by atoms with Gasteiger partial charge in [0.05, 0.1) is 23.4 Å². The number of benzene rings is 3. The van der Waals surface area contributed by atoms with Crippen molar-refractivity contribution in [3.8, 4) is 17.6 Å². The van der Waals surface area contributed by atoms with E-state index in [1.807, 2.05) is 6.07 Å². The van der Waals surface area contributed by atoms with E-state index in [4.69, 9.17) is 21.1 Å². The van der Waals surface area contributed by atoms with Crippen molar-refractivity contribution < 1.29 is 23.5 Å². The summed E-state index contributed by atoms with van der Waals surface area (Å²) in [6, 6.07) is 17.9. The van der Waals surface area contributed by atoms with E-state index in [-0.39, 0.29) is 22.6 Å². The Morgan fingerprint density at radius 2 is 1.78 bits per heavy atom. The molecule has 3 rings (SSSR count). The third kappa shape index (κ3) is 5.50. The van der Waals surface area contributed by atoms with Crippen molar-refractivity contribution in [2.75, 3.05) is 12.4 Å². The quantitative estimate of drug-likeness (QED) is 0.240. The maximum atomic E-state index is 13.0. The van der Waals surface area contributed by atoms with Gasteiger partial charge in [-0.1, -0.05) is 29.8 Å². The number of para-hydroxylation sites is 1. The highest BCUT2D eigenvalue weighted by Crippen LogP contribution is 2.30. The first kappa shape index (κ1) is 22.5. The number of halogens is 2. The van der Waals surface area contributed by atoms with Gasteiger partial charge < -0.3 is 14.8 Å². The second-order valence-corrected chi connectivity index (χ2v) is 6.82. The molecule has 0 bridgehead atoms. The van der Waals surface area contributed by atoms with Gasteiger partial charge in [-0.05, 0) is 60.2 Å². The summed E-state index contributed by atoms with van der Waals surface area (Å²) < 4.78 is 23.6. The van der Waals surface area contributed by atoms with E-state index in [0.717, 1.165) is 12.1 Å². The highest BCUT2D eigenvalue weighted by molar-refractivity contribution is 6.34. The van der Waals surface area contributed by atoms with Crippen LogP contribution in [0.1, 0.15) is 15.9 Å². The Morgan fingerprint density at radius 1 is 1.06 bits per heavy atom. The lowest BCUT2D eigenvalue weighted by atomic mass is 10.1. The number of carbonyl (C=O) groups is 2. The van der Waals surface area contributed by atoms with Gasteiger partial charge in [0.1, 0.15) is 17.5 Å². The van der Waals surface area contributed by atoms with Crippen LogP contribution in [-0.4, -0.2) is 19.0 Å². The lowest BCUT2D eigenvalue weighted by Crippen LogP contribution is -2.13. The molecule has 0 aromatic heterocycles. The molecule has 0 saturated heterocycles. The van der Waals surface area contributed by atoms with Crippen LogP contribution >= 0.6 is 11.6 Å². The minimum absolute atomic E-state index is 0.123. The fourth-order valence-corrected chi connectivity index (χ4v) is 2.85. The molecule has 1 amide bonds. The predicted molar refractivity (Wildman–Crippen MR) is 118 cm³/mol. The van der Waals surface area contributed by atoms with Crippen LogP contribution in [0.4, 0.5) is 10.1 Å². The zero-order chi connectivity index (χ0) is 23.1. The zero-order valence-corrected chi connectivity index (χ0v) is 17.5. The Hall–Kier alpha value is -4.15. The standard InChI is InChI=1S/C24H16ClFN2O4/c1-31-22-13-15(6-11-21(22)32-24(30)16-7-9-18(26)10-8-16)12-17(14-27)23(29)28-20-5-3-2-4-19(20)25/h2-13H,1H3,(H,28,29)/b17-12+. The van der Waals surface area contributed by atoms with Crippen LogP contribution in [0.3, 0.4) is 0 Å². The molecular formula is C24H16ClFN2O4. The summed E-state index contributed by atoms with van der Waals surface area (Å²) in [4.78, 5) is 24.7. The molecule has 160 valence electrons. The van der Waals surface area contributed by atoms with Crippen molar-refractivity contribution in [3.63, 3.8) is 0 Å². The van der Waals surface area contributed by atoms with E-state index in [2.05, 4.69) is 5.32 Å². The molecule has 3 aromatic carbocycles. The highest BCUT2D eigenvalue weighted by Gasteiger charge is 2.15. The fraction of sp³-hybridized carbons (Fsp3) is 0.0417. The topological polar surface area (TPSA) is 88.4 Å². The normalized spacial score (nSPS) is 10.8. The Labute approximate surface area is 188 Å². The van der Waals surface area contributed by atoms with Crippen LogP contribution in [0.25, 0.3) is 6.08 Å². The molecule has 0 fully saturated rings. The third-order valence-electron chi connectivity index (χ3n) is 4.27. The minimum Gasteiger partial charge on any atom is -0.493 e. The van der Waals surface area contributed by atoms with Gasteiger partial charge in [-0.25, -0.2) is 9.18 Å². The van der Waals surface area contributed by atoms with Crippen LogP contribution in [0, 0.1) is 17.1 Å². The second kappa shape index (κ2) is 10.2. The molecule has 0 radical (unpaired) electrons. The fourth-order valence-electron chi connectivity index (χ4n) is 2.67. The lowest BCUT2D eigenvalue weighted by molar-refractivity contribution is -0.112. The summed E-state index contributed by atoms with van der Waals surface area (Å²) in [5, 5.41) is 12.3. The maximum Gasteiger partial charge on any atom is 0.343 e. The number of anilines is 1. The molecule has 0 unspecified atom stereocenters. The van der Waals surface area contributed by atoms with Crippen LogP contribution in [-0.2, 0) is 4.79 Å². The van der Waals surface area contributed by atoms with Crippen molar-refractivity contribution in [3.05, 3.63) is 94.3 Å². The molecule has 3 aromatic rings. The number of hydrogen-bond donors (Lipinski definition) is 1. The lowest BCUT2D eigenvalue weighted by Gasteiger charge is -2.10. The Bertz CT molecular complexity index is 1230. The molecule has 0 saturated carbocycles. The number of ether oxygens (including phenoxy) is 2. The van der Waals surface area contributed by atoms with Gasteiger partial charge in [-0.3, -0.25) is 4.79 Å². The number of nitrogens with one attached hydrogen (secondary N) is 1. The van der Waals surface area contributed by atoms with Crippen LogP contribution < -0.4 is 14.8 Å². The molecule has 8 heteroatoms. The van der Waals surface area contributed by atoms with E-state index in [9.17, 15) is 19.2 Å². The van der Waals surface area contributed by atoms with Crippen LogP contribution in [0.15, 0.2) is 72.3 Å². The van der Waals surface area contributed by atoms with E-state index in [1.54, 1.807) is 30.3 Å². The van der Waals surface area contributed by atoms with Crippen molar-refractivity contribution in [1.82, 2.24) is 0 Å². The molecule has 0 aliphatic carbocycles. The summed E-state index contributed by atoms with van der Waals surface area (Å²) in [5.41, 5.74) is 0.846. The number of nitriles is 1. The van der Waals surface area contributed by atoms with Gasteiger partial charge >= 0.3 is 5.97 Å². The van der Waals surface area contributed by atoms with Gasteiger partial charge in [0.25, 0.3) is 5.91 Å². The number of carbonyl (C=O) groups excluding carboxylic acids is 2. The Morgan fingerprint density at radius 3 is 2.44 bits per heavy atom. The number of esters is 1. The Kier molecular flexibility index (Phi) is 7.21. The SMILES string of the molecule is COc1cc(/C=C(\C#N)C(=O)Nc2ccccc2Cl)ccc1OC(=O)c1ccc(F)cc1. The molecule has 0 atom stereocenters. The maximum absolute atomic E-state index is 13.0. The number of amides is 1. The summed E-state index contributed by atoms with van der Waals surface area (Å²) in [7, 11) is 1.38. The molecule has 6 nitrogen and oxygen atoms in total. The average molecular weight is 451 g/mol. The molecular weight excluding hydrogens is 435 g/mol. The summed E-state index contributed by atoms with van der Waals surface area (Å²) in [6.45, 7) is 0. The Balaban J connectivity index is 1.80. The largest absolute Gasteiger partial charge is 0.493 e. The second-order valence-electron chi connectivity index (χ2n) is 6.41. The first-order valence-electron chi connectivity index (χ1n) is 9.24. The smallest absolute Gasteiger partial charge is 0.343 e. The molecule has 1 N–H and O–H groups in total. The monoisotopic (exact) mass is 450 g/mol. The molecule has 0 heterocycles. The van der Waals surface area contributed by atoms with Gasteiger partial charge in [0.2, 0.25) is 0 Å². The van der Waals surface area contributed by atoms with Crippen molar-refractivity contribution in [2.45, 2.75) is 0 Å². The first-order chi connectivity index (χ1) is 15.4. The van der Waals surface area contributed by atoms with E-state index < -0.39 is 17.7 Å². The highest BCUT2D eigenvalue weighted by atomic mass is 35.5. The van der Waals surface area contributed by atoms with Gasteiger partial charge in [0, 0.05) is 0 Å². The van der Waals surface area contributed by atoms with Crippen molar-refractivity contribution in [2.24, 2.45) is 0 Å². The van der Waals surface area contributed by atoms with Gasteiger partial charge in [0.15, 0.2) is 11.5 Å². The minimum atomic E-state index is -0.691. The summed E-state index contributed by atoms with van der Waals surface area (Å²) in [5.74, 6) is -1.46. The van der Waals surface area contributed by atoms with Gasteiger partial charge in [-0.15, -0.1) is 0 Å². The van der Waals surface area contributed by atoms with E-state index in [1.165, 1.54) is 37.5 Å². The molecule has 0 aliphatic rings. The van der Waals surface area contributed by atoms with E-state index in [0.29, 0.717) is 16.3 Å². The van der Waals surface area contributed by atoms with Crippen LogP contribution in [0.2, 0.25) is 5.02 Å². The van der Waals surface area contributed by atoms with Gasteiger partial charge in [-0.2, -0.15) is 5.26 Å². The predicted octanol–water partition coefficient (Wildman–Crippen LogP) is 5.25. The number of nitrogens with zero attached hydrogens (tertiary/aromatic N) is 1. The zero-order valence-electron chi connectivity index (χ0n) is 16.8. The van der Waals surface area contributed by atoms with Crippen molar-refractivity contribution in [1.29, 1.82) is 5.26 Å². The van der Waals surface area contributed by atoms with Crippen molar-refractivity contribution >= 4 is 35.2 Å². The first-order valence-corrected chi connectivity index (χ1v) is 9.62. The molecule has 32 heavy (non-hydrogen) atoms. The summed E-state index contributed by atoms with van der Waals surface area (Å²) in [6.07, 6.45) is 1.36. The summed E-state index contributed by atoms with van der Waals surface area (Å²) >= 11 is 6.03. The number of rotatable bonds is 6. The number of hydrogen-bond acceptors (Lipinski definition) is 5.